The zero-order valence-corrected chi connectivity index (χ0v) is 16.0. The van der Waals surface area contributed by atoms with E-state index in [1.165, 1.54) is 32.0 Å². The van der Waals surface area contributed by atoms with E-state index in [1.54, 1.807) is 0 Å². The number of carboxylic acids is 1. The van der Waals surface area contributed by atoms with Gasteiger partial charge >= 0.3 is 19.2 Å². The second-order valence-corrected chi connectivity index (χ2v) is 8.55. The van der Waals surface area contributed by atoms with Crippen molar-refractivity contribution in [2.45, 2.75) is 19.5 Å². The van der Waals surface area contributed by atoms with Crippen LogP contribution < -0.4 is 0 Å². The molecule has 0 fully saturated rings. The molecule has 0 saturated heterocycles. The topological polar surface area (TPSA) is 72.8 Å². The first-order valence-electron chi connectivity index (χ1n) is 6.90. The van der Waals surface area contributed by atoms with Gasteiger partial charge in [0.1, 0.15) is 4.88 Å². The van der Waals surface area contributed by atoms with E-state index in [2.05, 4.69) is 15.9 Å². The number of hydrogen-bond donors (Lipinski definition) is 1. The fourth-order valence-corrected chi connectivity index (χ4v) is 6.02. The lowest BCUT2D eigenvalue weighted by atomic mass is 10.1. The Morgan fingerprint density at radius 3 is 2.42 bits per heavy atom. The quantitative estimate of drug-likeness (QED) is 0.558. The Kier molecular flexibility index (Phi) is 5.82. The van der Waals surface area contributed by atoms with E-state index in [0.29, 0.717) is 21.4 Å². The van der Waals surface area contributed by atoms with Gasteiger partial charge in [0.2, 0.25) is 0 Å². The third-order valence-electron chi connectivity index (χ3n) is 3.09. The highest BCUT2D eigenvalue weighted by molar-refractivity contribution is 9.10. The van der Waals surface area contributed by atoms with Crippen molar-refractivity contribution in [3.05, 3.63) is 33.1 Å². The number of alkyl halides is 2. The summed E-state index contributed by atoms with van der Waals surface area (Å²) in [6.45, 7) is 2.50. The summed E-state index contributed by atoms with van der Waals surface area (Å²) >= 11 is 3.78. The minimum atomic E-state index is -4.73. The average molecular weight is 443 g/mol. The number of halogens is 3. The molecule has 24 heavy (non-hydrogen) atoms. The molecule has 0 aliphatic rings. The van der Waals surface area contributed by atoms with Gasteiger partial charge in [-0.3, -0.25) is 4.57 Å². The van der Waals surface area contributed by atoms with Gasteiger partial charge in [0.05, 0.1) is 18.8 Å². The van der Waals surface area contributed by atoms with Crippen LogP contribution in [0.2, 0.25) is 0 Å². The predicted octanol–water partition coefficient (Wildman–Crippen LogP) is 5.68. The third kappa shape index (κ3) is 3.28. The second-order valence-electron chi connectivity index (χ2n) is 4.64. The van der Waals surface area contributed by atoms with Gasteiger partial charge in [0, 0.05) is 14.6 Å². The number of fused-ring (bicyclic) bond motifs is 1. The van der Waals surface area contributed by atoms with Crippen LogP contribution in [-0.4, -0.2) is 24.3 Å². The fraction of sp³-hybridized carbons (Fsp3) is 0.357. The zero-order chi connectivity index (χ0) is 18.1. The molecule has 0 saturated carbocycles. The molecule has 0 spiro atoms. The van der Waals surface area contributed by atoms with Crippen molar-refractivity contribution in [2.75, 3.05) is 13.2 Å². The highest BCUT2D eigenvalue weighted by Gasteiger charge is 2.57. The molecule has 0 amide bonds. The van der Waals surface area contributed by atoms with Gasteiger partial charge in [-0.25, -0.2) is 4.79 Å². The summed E-state index contributed by atoms with van der Waals surface area (Å²) in [6.07, 6.45) is 0. The summed E-state index contributed by atoms with van der Waals surface area (Å²) in [5.41, 5.74) is -3.90. The molecule has 1 aromatic carbocycles. The maximum Gasteiger partial charge on any atom is 0.405 e. The summed E-state index contributed by atoms with van der Waals surface area (Å²) in [6, 6.07) is 4.03. The third-order valence-corrected chi connectivity index (χ3v) is 7.68. The smallest absolute Gasteiger partial charge is 0.405 e. The van der Waals surface area contributed by atoms with E-state index in [4.69, 9.17) is 14.2 Å². The zero-order valence-electron chi connectivity index (χ0n) is 12.7. The van der Waals surface area contributed by atoms with E-state index in [1.807, 2.05) is 0 Å². The van der Waals surface area contributed by atoms with Crippen molar-refractivity contribution >= 4 is 50.9 Å². The lowest BCUT2D eigenvalue weighted by Gasteiger charge is -2.25. The van der Waals surface area contributed by atoms with Crippen LogP contribution in [0.25, 0.3) is 10.1 Å². The minimum Gasteiger partial charge on any atom is -0.478 e. The van der Waals surface area contributed by atoms with E-state index >= 15 is 0 Å². The number of thiophene rings is 1. The Morgan fingerprint density at radius 2 is 1.92 bits per heavy atom. The SMILES string of the molecule is CCOP(=O)(OCC)C(F)(F)c1sc2ccc(C(=O)O)cc2c1Br. The number of rotatable bonds is 7. The number of hydrogen-bond acceptors (Lipinski definition) is 5. The first kappa shape index (κ1) is 19.5. The van der Waals surface area contributed by atoms with Crippen molar-refractivity contribution in [1.82, 2.24) is 0 Å². The van der Waals surface area contributed by atoms with Crippen molar-refractivity contribution in [2.24, 2.45) is 0 Å². The number of carboxylic acid groups (broad SMARTS) is 1. The Morgan fingerprint density at radius 1 is 1.33 bits per heavy atom. The van der Waals surface area contributed by atoms with Gasteiger partial charge in [-0.2, -0.15) is 8.78 Å². The highest BCUT2D eigenvalue weighted by atomic mass is 79.9. The second kappa shape index (κ2) is 7.17. The Labute approximate surface area is 149 Å². The lowest BCUT2D eigenvalue weighted by Crippen LogP contribution is -2.17. The number of benzene rings is 1. The molecule has 0 atom stereocenters. The van der Waals surface area contributed by atoms with Gasteiger partial charge in [-0.05, 0) is 48.0 Å². The van der Waals surface area contributed by atoms with Crippen LogP contribution in [0, 0.1) is 0 Å². The van der Waals surface area contributed by atoms with E-state index in [0.717, 1.165) is 0 Å². The molecule has 0 bridgehead atoms. The van der Waals surface area contributed by atoms with Crippen LogP contribution in [0.3, 0.4) is 0 Å². The summed E-state index contributed by atoms with van der Waals surface area (Å²) in [5.74, 6) is -1.17. The highest BCUT2D eigenvalue weighted by Crippen LogP contribution is 2.69. The summed E-state index contributed by atoms with van der Waals surface area (Å²) in [5, 5.41) is 9.33. The monoisotopic (exact) mass is 442 g/mol. The molecule has 1 aromatic heterocycles. The number of aromatic carboxylic acids is 1. The van der Waals surface area contributed by atoms with Crippen molar-refractivity contribution < 1.29 is 32.3 Å². The Hall–Kier alpha value is -0.860. The van der Waals surface area contributed by atoms with E-state index < -0.39 is 24.1 Å². The number of carbonyl (C=O) groups is 1. The molecule has 132 valence electrons. The van der Waals surface area contributed by atoms with Gasteiger partial charge in [0.15, 0.2) is 0 Å². The van der Waals surface area contributed by atoms with Crippen LogP contribution >= 0.6 is 34.9 Å². The molecule has 1 N–H and O–H groups in total. The molecule has 2 aromatic rings. The average Bonchev–Trinajstić information content (AvgIpc) is 2.85. The Balaban J connectivity index is 2.63. The molecule has 2 rings (SSSR count). The van der Waals surface area contributed by atoms with Crippen molar-refractivity contribution in [3.8, 4) is 0 Å². The molecular formula is C14H14BrF2O5PS. The van der Waals surface area contributed by atoms with E-state index in [9.17, 15) is 18.1 Å². The molecule has 10 heteroatoms. The van der Waals surface area contributed by atoms with E-state index in [-0.39, 0.29) is 23.2 Å². The van der Waals surface area contributed by atoms with Gasteiger partial charge in [-0.1, -0.05) is 0 Å². The maximum atomic E-state index is 14.9. The van der Waals surface area contributed by atoms with Gasteiger partial charge in [-0.15, -0.1) is 11.3 Å². The largest absolute Gasteiger partial charge is 0.478 e. The Bertz CT molecular complexity index is 813. The van der Waals surface area contributed by atoms with Crippen LogP contribution in [0.4, 0.5) is 8.78 Å². The summed E-state index contributed by atoms with van der Waals surface area (Å²) < 4.78 is 52.3. The van der Waals surface area contributed by atoms with Crippen molar-refractivity contribution in [1.29, 1.82) is 0 Å². The first-order chi connectivity index (χ1) is 11.2. The van der Waals surface area contributed by atoms with Gasteiger partial charge in [0.25, 0.3) is 0 Å². The van der Waals surface area contributed by atoms with Crippen molar-refractivity contribution in [3.63, 3.8) is 0 Å². The standard InChI is InChI=1S/C14H14BrF2O5PS/c1-3-21-23(20,22-4-2)14(16,17)12-11(15)9-7-8(13(18)19)5-6-10(9)24-12/h5-7H,3-4H2,1-2H3,(H,18,19). The minimum absolute atomic E-state index is 0.0183. The van der Waals surface area contributed by atoms with Crippen LogP contribution in [0.5, 0.6) is 0 Å². The fourth-order valence-electron chi connectivity index (χ4n) is 2.06. The molecule has 0 aliphatic carbocycles. The normalized spacial score (nSPS) is 12.7. The molecule has 5 nitrogen and oxygen atoms in total. The molecule has 0 aliphatic heterocycles. The summed E-state index contributed by atoms with van der Waals surface area (Å²) in [7, 11) is -4.73. The maximum absolute atomic E-state index is 14.9. The summed E-state index contributed by atoms with van der Waals surface area (Å²) in [4.78, 5) is 10.5. The molecule has 0 unspecified atom stereocenters. The van der Waals surface area contributed by atoms with Crippen LogP contribution in [0.1, 0.15) is 29.1 Å². The van der Waals surface area contributed by atoms with Crippen LogP contribution in [0.15, 0.2) is 22.7 Å². The molecule has 0 radical (unpaired) electrons. The molecule has 1 heterocycles. The molecular weight excluding hydrogens is 429 g/mol. The van der Waals surface area contributed by atoms with Crippen LogP contribution in [-0.2, 0) is 19.3 Å². The van der Waals surface area contributed by atoms with Gasteiger partial charge < -0.3 is 14.2 Å². The first-order valence-corrected chi connectivity index (χ1v) is 10.1. The predicted molar refractivity (Wildman–Crippen MR) is 91.2 cm³/mol. The lowest BCUT2D eigenvalue weighted by molar-refractivity contribution is 0.0387.